The zero-order valence-electron chi connectivity index (χ0n) is 22.0. The maximum atomic E-state index is 12.7. The monoisotopic (exact) mass is 564 g/mol. The fraction of sp³-hybridized carbons (Fsp3) is 0.714. The molecule has 38 heavy (non-hydrogen) atoms. The van der Waals surface area contributed by atoms with Gasteiger partial charge in [0.25, 0.3) is 0 Å². The molecule has 8 nitrogen and oxygen atoms in total. The molecular weight excluding hydrogens is 527 g/mol. The Hall–Kier alpha value is -1.74. The van der Waals surface area contributed by atoms with E-state index in [1.807, 2.05) is 12.2 Å². The molecule has 0 radical (unpaired) electrons. The molecule has 3 fully saturated rings. The van der Waals surface area contributed by atoms with E-state index in [9.17, 15) is 19.2 Å². The van der Waals surface area contributed by atoms with Crippen LogP contribution in [0.15, 0.2) is 22.2 Å². The van der Waals surface area contributed by atoms with Crippen molar-refractivity contribution in [2.24, 2.45) is 23.7 Å². The highest BCUT2D eigenvalue weighted by molar-refractivity contribution is 6.30. The SMILES string of the molecule is O=C1[C@H]2CC(Cl)=CC[C@H]2C(=O)N1CCCCN1CCN(CCCCN2C(=O)[C@H]3CC=C(Cl)C[C@H]3C2=O)CC1. The number of unbranched alkanes of at least 4 members (excludes halogenated alkanes) is 2. The summed E-state index contributed by atoms with van der Waals surface area (Å²) in [6.45, 7) is 7.01. The summed E-state index contributed by atoms with van der Waals surface area (Å²) in [4.78, 5) is 58.5. The lowest BCUT2D eigenvalue weighted by Crippen LogP contribution is -2.47. The molecule has 0 spiro atoms. The molecular formula is C28H38Cl2N4O4. The number of amides is 4. The van der Waals surface area contributed by atoms with Crippen LogP contribution in [-0.2, 0) is 19.2 Å². The van der Waals surface area contributed by atoms with Gasteiger partial charge in [-0.3, -0.25) is 29.0 Å². The molecule has 4 atom stereocenters. The van der Waals surface area contributed by atoms with Gasteiger partial charge in [-0.05, 0) is 64.5 Å². The van der Waals surface area contributed by atoms with Crippen LogP contribution in [0.5, 0.6) is 0 Å². The zero-order valence-corrected chi connectivity index (χ0v) is 23.5. The molecule has 0 aromatic rings. The molecule has 0 unspecified atom stereocenters. The second kappa shape index (κ2) is 12.2. The van der Waals surface area contributed by atoms with Crippen LogP contribution in [0.4, 0.5) is 0 Å². The number of carbonyl (C=O) groups is 4. The fourth-order valence-electron chi connectivity index (χ4n) is 6.68. The summed E-state index contributed by atoms with van der Waals surface area (Å²) >= 11 is 12.2. The minimum absolute atomic E-state index is 0.0211. The number of hydrogen-bond donors (Lipinski definition) is 0. The first kappa shape index (κ1) is 27.8. The molecule has 0 bridgehead atoms. The molecule has 5 rings (SSSR count). The van der Waals surface area contributed by atoms with E-state index in [2.05, 4.69) is 9.80 Å². The van der Waals surface area contributed by atoms with Crippen molar-refractivity contribution in [3.63, 3.8) is 0 Å². The van der Waals surface area contributed by atoms with E-state index < -0.39 is 0 Å². The molecule has 3 heterocycles. The number of hydrogen-bond acceptors (Lipinski definition) is 6. The van der Waals surface area contributed by atoms with Gasteiger partial charge in [0, 0.05) is 49.3 Å². The second-order valence-electron chi connectivity index (χ2n) is 11.4. The highest BCUT2D eigenvalue weighted by Crippen LogP contribution is 2.40. The third-order valence-corrected chi connectivity index (χ3v) is 9.61. The predicted molar refractivity (Wildman–Crippen MR) is 145 cm³/mol. The molecule has 3 aliphatic heterocycles. The number of allylic oxidation sites excluding steroid dienone is 4. The van der Waals surface area contributed by atoms with E-state index >= 15 is 0 Å². The Balaban J connectivity index is 0.935. The lowest BCUT2D eigenvalue weighted by molar-refractivity contribution is -0.141. The minimum atomic E-state index is -0.259. The number of rotatable bonds is 10. The number of carbonyl (C=O) groups excluding carboxylic acids is 4. The predicted octanol–water partition coefficient (Wildman–Crippen LogP) is 3.20. The van der Waals surface area contributed by atoms with Gasteiger partial charge in [-0.1, -0.05) is 35.4 Å². The fourth-order valence-corrected chi connectivity index (χ4v) is 7.19. The largest absolute Gasteiger partial charge is 0.301 e. The summed E-state index contributed by atoms with van der Waals surface area (Å²) < 4.78 is 0. The quantitative estimate of drug-likeness (QED) is 0.299. The lowest BCUT2D eigenvalue weighted by atomic mass is 9.85. The van der Waals surface area contributed by atoms with Gasteiger partial charge in [-0.15, -0.1) is 0 Å². The van der Waals surface area contributed by atoms with Crippen LogP contribution in [0.25, 0.3) is 0 Å². The summed E-state index contributed by atoms with van der Waals surface area (Å²) in [7, 11) is 0. The number of likely N-dealkylation sites (tertiary alicyclic amines) is 2. The topological polar surface area (TPSA) is 81.2 Å². The van der Waals surface area contributed by atoms with Crippen molar-refractivity contribution >= 4 is 46.8 Å². The first-order chi connectivity index (χ1) is 18.3. The van der Waals surface area contributed by atoms with Crippen LogP contribution in [0.1, 0.15) is 51.4 Å². The normalized spacial score (nSPS) is 30.6. The number of piperazine rings is 1. The molecule has 4 amide bonds. The van der Waals surface area contributed by atoms with Gasteiger partial charge in [-0.25, -0.2) is 0 Å². The molecule has 10 heteroatoms. The number of halogens is 2. The van der Waals surface area contributed by atoms with E-state index in [1.165, 1.54) is 9.80 Å². The Bertz CT molecular complexity index is 942. The minimum Gasteiger partial charge on any atom is -0.301 e. The van der Waals surface area contributed by atoms with Gasteiger partial charge in [0.2, 0.25) is 23.6 Å². The summed E-state index contributed by atoms with van der Waals surface area (Å²) in [6.07, 6.45) is 9.51. The summed E-state index contributed by atoms with van der Waals surface area (Å²) in [5, 5.41) is 1.40. The van der Waals surface area contributed by atoms with E-state index in [-0.39, 0.29) is 47.3 Å². The van der Waals surface area contributed by atoms with Gasteiger partial charge in [0.1, 0.15) is 0 Å². The summed E-state index contributed by atoms with van der Waals surface area (Å²) in [6, 6.07) is 0. The highest BCUT2D eigenvalue weighted by Gasteiger charge is 2.49. The van der Waals surface area contributed by atoms with E-state index in [0.29, 0.717) is 48.8 Å². The molecule has 0 N–H and O–H groups in total. The molecule has 0 saturated carbocycles. The lowest BCUT2D eigenvalue weighted by Gasteiger charge is -2.34. The van der Waals surface area contributed by atoms with Crippen LogP contribution in [-0.4, -0.2) is 95.6 Å². The molecule has 208 valence electrons. The van der Waals surface area contributed by atoms with E-state index in [1.54, 1.807) is 0 Å². The Labute approximate surface area is 234 Å². The number of fused-ring (bicyclic) bond motifs is 2. The number of nitrogens with zero attached hydrogens (tertiary/aromatic N) is 4. The van der Waals surface area contributed by atoms with Crippen molar-refractivity contribution in [3.8, 4) is 0 Å². The van der Waals surface area contributed by atoms with Gasteiger partial charge in [0.15, 0.2) is 0 Å². The second-order valence-corrected chi connectivity index (χ2v) is 12.3. The first-order valence-electron chi connectivity index (χ1n) is 14.2. The Morgan fingerprint density at radius 3 is 1.29 bits per heavy atom. The zero-order chi connectivity index (χ0) is 26.8. The van der Waals surface area contributed by atoms with Gasteiger partial charge in [0.05, 0.1) is 23.7 Å². The molecule has 3 saturated heterocycles. The average Bonchev–Trinajstić information content (AvgIpc) is 3.28. The van der Waals surface area contributed by atoms with Gasteiger partial charge in [-0.2, -0.15) is 0 Å². The molecule has 5 aliphatic rings. The smallest absolute Gasteiger partial charge is 0.233 e. The first-order valence-corrected chi connectivity index (χ1v) is 14.9. The molecule has 0 aromatic carbocycles. The van der Waals surface area contributed by atoms with E-state index in [4.69, 9.17) is 23.2 Å². The molecule has 2 aliphatic carbocycles. The van der Waals surface area contributed by atoms with Gasteiger partial charge >= 0.3 is 0 Å². The highest BCUT2D eigenvalue weighted by atomic mass is 35.5. The van der Waals surface area contributed by atoms with Crippen LogP contribution >= 0.6 is 23.2 Å². The van der Waals surface area contributed by atoms with Crippen molar-refractivity contribution in [3.05, 3.63) is 22.2 Å². The van der Waals surface area contributed by atoms with E-state index in [0.717, 1.165) is 65.0 Å². The van der Waals surface area contributed by atoms with Crippen molar-refractivity contribution in [2.75, 3.05) is 52.4 Å². The van der Waals surface area contributed by atoms with Crippen molar-refractivity contribution < 1.29 is 19.2 Å². The Kier molecular flexibility index (Phi) is 8.92. The third-order valence-electron chi connectivity index (χ3n) is 9.00. The Morgan fingerprint density at radius 1 is 0.553 bits per heavy atom. The summed E-state index contributed by atoms with van der Waals surface area (Å²) in [5.41, 5.74) is 0. The number of imide groups is 2. The Morgan fingerprint density at radius 2 is 0.895 bits per heavy atom. The van der Waals surface area contributed by atoms with Crippen LogP contribution in [0, 0.1) is 23.7 Å². The third kappa shape index (κ3) is 5.88. The van der Waals surface area contributed by atoms with Crippen LogP contribution in [0.2, 0.25) is 0 Å². The molecule has 0 aromatic heterocycles. The maximum absolute atomic E-state index is 12.7. The van der Waals surface area contributed by atoms with Crippen molar-refractivity contribution in [2.45, 2.75) is 51.4 Å². The van der Waals surface area contributed by atoms with Crippen molar-refractivity contribution in [1.82, 2.24) is 19.6 Å². The summed E-state index contributed by atoms with van der Waals surface area (Å²) in [5.74, 6) is -1.07. The average molecular weight is 566 g/mol. The van der Waals surface area contributed by atoms with Crippen LogP contribution in [0.3, 0.4) is 0 Å². The maximum Gasteiger partial charge on any atom is 0.233 e. The van der Waals surface area contributed by atoms with Crippen LogP contribution < -0.4 is 0 Å². The van der Waals surface area contributed by atoms with Gasteiger partial charge < -0.3 is 9.80 Å². The standard InChI is InChI=1S/C28H38Cl2N4O4/c29-19-5-7-21-23(17-19)27(37)33(25(21)35)11-3-1-9-31-13-15-32(16-14-31)10-2-4-12-34-26(36)22-8-6-20(30)18-24(22)28(34)38/h5-6,21-24H,1-4,7-18H2/t21-,22+,23+,24-. The van der Waals surface area contributed by atoms with Crippen molar-refractivity contribution in [1.29, 1.82) is 0 Å².